The van der Waals surface area contributed by atoms with Crippen molar-refractivity contribution in [3.8, 4) is 5.75 Å². The molecule has 4 heterocycles. The summed E-state index contributed by atoms with van der Waals surface area (Å²) in [4.78, 5) is 32.1. The van der Waals surface area contributed by atoms with E-state index in [4.69, 9.17) is 9.16 Å². The molecule has 0 amide bonds. The van der Waals surface area contributed by atoms with E-state index in [-0.39, 0.29) is 28.6 Å². The number of aromatic amines is 1. The second-order valence-corrected chi connectivity index (χ2v) is 25.3. The molecule has 2 aliphatic carbocycles. The molecule has 0 radical (unpaired) electrons. The number of phenolic OH excluding ortho intramolecular Hbond substituents is 1. The maximum Gasteiger partial charge on any atom is 0.349 e. The lowest BCUT2D eigenvalue weighted by Gasteiger charge is -2.39. The van der Waals surface area contributed by atoms with Gasteiger partial charge in [-0.2, -0.15) is 0 Å². The highest BCUT2D eigenvalue weighted by molar-refractivity contribution is 7.12. The number of hydrogen-bond acceptors (Lipinski definition) is 12. The highest BCUT2D eigenvalue weighted by atomic mass is 32.1. The molecular weight excluding hydrogens is 837 g/mol. The number of aromatic hydroxyl groups is 1. The Morgan fingerprint density at radius 2 is 1.74 bits per heavy atom. The lowest BCUT2D eigenvalue weighted by Crippen LogP contribution is -2.43. The topological polar surface area (TPSA) is 155 Å². The molecule has 0 saturated heterocycles. The van der Waals surface area contributed by atoms with Crippen LogP contribution < -0.4 is 10.9 Å². The molecule has 0 bridgehead atoms. The van der Waals surface area contributed by atoms with Crippen LogP contribution in [0.3, 0.4) is 0 Å². The van der Waals surface area contributed by atoms with Crippen molar-refractivity contribution < 1.29 is 24.2 Å². The van der Waals surface area contributed by atoms with E-state index in [1.165, 1.54) is 45.4 Å². The van der Waals surface area contributed by atoms with Gasteiger partial charge >= 0.3 is 5.97 Å². The van der Waals surface area contributed by atoms with Gasteiger partial charge in [-0.3, -0.25) is 4.79 Å². The molecule has 330 valence electrons. The quantitative estimate of drug-likeness (QED) is 0.0549. The van der Waals surface area contributed by atoms with Crippen molar-refractivity contribution in [3.63, 3.8) is 0 Å². The molecule has 2 aromatic carbocycles. The zero-order valence-electron chi connectivity index (χ0n) is 36.7. The number of carbonyl (C=O) groups is 1. The number of fused-ring (bicyclic) bond motifs is 4. The summed E-state index contributed by atoms with van der Waals surface area (Å²) in [6.45, 7) is 14.1. The van der Waals surface area contributed by atoms with Crippen LogP contribution in [0.1, 0.15) is 97.4 Å². The van der Waals surface area contributed by atoms with Crippen LogP contribution in [-0.4, -0.2) is 81.7 Å². The Morgan fingerprint density at radius 3 is 2.42 bits per heavy atom. The Bertz CT molecular complexity index is 2520. The smallest absolute Gasteiger partial charge is 0.349 e. The molecule has 2 aliphatic rings. The predicted molar refractivity (Wildman–Crippen MR) is 250 cm³/mol. The first kappa shape index (κ1) is 44.4. The molecule has 62 heavy (non-hydrogen) atoms. The minimum atomic E-state index is -2.22. The Labute approximate surface area is 372 Å². The van der Waals surface area contributed by atoms with E-state index in [1.54, 1.807) is 24.3 Å². The van der Waals surface area contributed by atoms with Gasteiger partial charge in [-0.15, -0.1) is 27.8 Å². The Hall–Kier alpha value is -4.22. The molecule has 0 spiro atoms. The van der Waals surface area contributed by atoms with Gasteiger partial charge in [0.15, 0.2) is 8.32 Å². The van der Waals surface area contributed by atoms with E-state index in [0.717, 1.165) is 86.4 Å². The number of ether oxygens (including phenoxy) is 1. The number of esters is 1. The minimum absolute atomic E-state index is 0.0117. The van der Waals surface area contributed by atoms with Crippen LogP contribution in [0.2, 0.25) is 18.1 Å². The first-order valence-corrected chi connectivity index (χ1v) is 26.6. The molecule has 0 aliphatic heterocycles. The monoisotopic (exact) mass is 896 g/mol. The third-order valence-corrected chi connectivity index (χ3v) is 20.0. The van der Waals surface area contributed by atoms with E-state index in [9.17, 15) is 19.8 Å². The molecule has 1 atom stereocenters. The van der Waals surface area contributed by atoms with Gasteiger partial charge in [-0.1, -0.05) is 44.2 Å². The molecule has 0 unspecified atom stereocenters. The molecule has 6 aromatic rings. The molecule has 4 N–H and O–H groups in total. The van der Waals surface area contributed by atoms with Crippen molar-refractivity contribution in [3.05, 3.63) is 108 Å². The summed E-state index contributed by atoms with van der Waals surface area (Å²) >= 11 is 2.72. The SMILES string of the molecule is CN(CCCn1nnc2cc(CNC[C@H](O[Si](C)(C)C(C)(C)C)c3ccc(O)c4[nH]c(=O)ccc34)c3c(c21)CCC3)C1CCC(OC(=O)C(O)(c2cccs2)c2cccs2)CC1. The molecule has 1 fully saturated rings. The standard InChI is InChI=1S/C47H60N6O6S2Si/c1-46(2,3)62(5,6)59-39(34-19-21-38(54)43-35(34)20-22-42(55)49-43)29-48-28-30-27-37-44(36-12-7-11-33(30)36)53(51-50-37)24-10-23-52(4)31-15-17-32(18-16-31)58-45(56)47(57,40-13-8-25-60-40)41-14-9-26-61-41/h8-9,13-14,19-22,25-27,31-32,39,48,54,57H,7,10-12,15-18,23-24,28-29H2,1-6H3,(H,49,55)/t31?,32?,39-/m0/s1. The highest BCUT2D eigenvalue weighted by Crippen LogP contribution is 2.42. The van der Waals surface area contributed by atoms with Gasteiger partial charge in [0.1, 0.15) is 17.4 Å². The highest BCUT2D eigenvalue weighted by Gasteiger charge is 2.45. The second kappa shape index (κ2) is 18.1. The van der Waals surface area contributed by atoms with Crippen LogP contribution in [0, 0.1) is 0 Å². The Balaban J connectivity index is 0.886. The summed E-state index contributed by atoms with van der Waals surface area (Å²) < 4.78 is 15.2. The summed E-state index contributed by atoms with van der Waals surface area (Å²) in [5, 5.41) is 39.9. The number of carbonyl (C=O) groups excluding carboxylic acids is 1. The summed E-state index contributed by atoms with van der Waals surface area (Å²) in [6, 6.07) is 16.7. The Morgan fingerprint density at radius 1 is 1.03 bits per heavy atom. The number of nitrogens with zero attached hydrogens (tertiary/aromatic N) is 4. The van der Waals surface area contributed by atoms with Crippen LogP contribution in [-0.2, 0) is 45.5 Å². The minimum Gasteiger partial charge on any atom is -0.506 e. The van der Waals surface area contributed by atoms with Crippen molar-refractivity contribution in [1.29, 1.82) is 0 Å². The van der Waals surface area contributed by atoms with Gasteiger partial charge in [0.05, 0.1) is 26.9 Å². The number of benzene rings is 2. The number of aryl methyl sites for hydroxylation is 2. The normalized spacial score (nSPS) is 17.9. The number of phenols is 1. The van der Waals surface area contributed by atoms with Crippen molar-refractivity contribution in [2.24, 2.45) is 0 Å². The maximum atomic E-state index is 13.5. The number of nitrogens with one attached hydrogen (secondary N) is 2. The Kier molecular flexibility index (Phi) is 13.0. The fourth-order valence-corrected chi connectivity index (χ4v) is 12.1. The summed E-state index contributed by atoms with van der Waals surface area (Å²) in [5.74, 6) is -0.547. The van der Waals surface area contributed by atoms with Gasteiger partial charge in [0.25, 0.3) is 0 Å². The number of aromatic nitrogens is 4. The van der Waals surface area contributed by atoms with E-state index in [2.05, 4.69) is 77.2 Å². The van der Waals surface area contributed by atoms with Crippen LogP contribution in [0.15, 0.2) is 70.2 Å². The van der Waals surface area contributed by atoms with Crippen LogP contribution >= 0.6 is 22.7 Å². The largest absolute Gasteiger partial charge is 0.506 e. The van der Waals surface area contributed by atoms with Gasteiger partial charge in [-0.05, 0) is 146 Å². The zero-order chi connectivity index (χ0) is 43.8. The molecule has 4 aromatic heterocycles. The number of rotatable bonds is 16. The zero-order valence-corrected chi connectivity index (χ0v) is 39.3. The molecular formula is C47H60N6O6S2Si. The number of thiophene rings is 2. The first-order valence-electron chi connectivity index (χ1n) is 22.0. The average molecular weight is 897 g/mol. The van der Waals surface area contributed by atoms with Crippen LogP contribution in [0.4, 0.5) is 0 Å². The summed E-state index contributed by atoms with van der Waals surface area (Å²) in [5.41, 5.74) is 5.40. The average Bonchev–Trinajstić information content (AvgIpc) is 4.09. The van der Waals surface area contributed by atoms with E-state index < -0.39 is 19.9 Å². The van der Waals surface area contributed by atoms with Crippen molar-refractivity contribution >= 4 is 58.9 Å². The van der Waals surface area contributed by atoms with Crippen molar-refractivity contribution in [2.75, 3.05) is 20.1 Å². The number of pyridine rings is 1. The maximum absolute atomic E-state index is 13.5. The van der Waals surface area contributed by atoms with E-state index >= 15 is 0 Å². The van der Waals surface area contributed by atoms with E-state index in [0.29, 0.717) is 34.4 Å². The van der Waals surface area contributed by atoms with Crippen molar-refractivity contribution in [2.45, 2.75) is 127 Å². The fourth-order valence-electron chi connectivity index (χ4n) is 9.07. The van der Waals surface area contributed by atoms with Crippen molar-refractivity contribution in [1.82, 2.24) is 30.2 Å². The van der Waals surface area contributed by atoms with Gasteiger partial charge in [-0.25, -0.2) is 9.48 Å². The number of hydrogen-bond donors (Lipinski definition) is 4. The van der Waals surface area contributed by atoms with E-state index in [1.807, 2.05) is 29.0 Å². The molecule has 12 nitrogen and oxygen atoms in total. The molecule has 8 rings (SSSR count). The molecule has 1 saturated carbocycles. The van der Waals surface area contributed by atoms with Crippen LogP contribution in [0.25, 0.3) is 21.9 Å². The predicted octanol–water partition coefficient (Wildman–Crippen LogP) is 8.56. The summed E-state index contributed by atoms with van der Waals surface area (Å²) in [7, 11) is -0.0356. The second-order valence-electron chi connectivity index (χ2n) is 18.6. The lowest BCUT2D eigenvalue weighted by atomic mass is 9.91. The molecule has 15 heteroatoms. The number of aliphatic hydroxyl groups is 1. The third kappa shape index (κ3) is 8.95. The fraction of sp³-hybridized carbons (Fsp3) is 0.489. The lowest BCUT2D eigenvalue weighted by molar-refractivity contribution is -0.169. The number of H-pyrrole nitrogens is 1. The van der Waals surface area contributed by atoms with Gasteiger partial charge < -0.3 is 34.6 Å². The van der Waals surface area contributed by atoms with Gasteiger partial charge in [0, 0.05) is 37.1 Å². The summed E-state index contributed by atoms with van der Waals surface area (Å²) in [6.07, 6.45) is 6.94. The van der Waals surface area contributed by atoms with Gasteiger partial charge in [0.2, 0.25) is 11.2 Å². The third-order valence-electron chi connectivity index (χ3n) is 13.6. The first-order chi connectivity index (χ1) is 29.6. The van der Waals surface area contributed by atoms with Crippen LogP contribution in [0.5, 0.6) is 5.75 Å².